The van der Waals surface area contributed by atoms with Gasteiger partial charge in [-0.2, -0.15) is 0 Å². The molecule has 2 aromatic rings. The molecule has 1 aromatic heterocycles. The molecule has 0 amide bonds. The second-order valence-corrected chi connectivity index (χ2v) is 4.89. The molecule has 0 saturated heterocycles. The minimum Gasteiger partial charge on any atom is -0.249 e. The van der Waals surface area contributed by atoms with E-state index >= 15 is 0 Å². The van der Waals surface area contributed by atoms with E-state index in [9.17, 15) is 0 Å². The fourth-order valence-electron chi connectivity index (χ4n) is 1.70. The van der Waals surface area contributed by atoms with Crippen LogP contribution >= 0.6 is 11.3 Å². The highest BCUT2D eigenvalue weighted by Gasteiger charge is 2.12. The van der Waals surface area contributed by atoms with E-state index in [1.165, 1.54) is 21.7 Å². The van der Waals surface area contributed by atoms with Crippen molar-refractivity contribution in [3.63, 3.8) is 0 Å². The third kappa shape index (κ3) is 1.95. The zero-order chi connectivity index (χ0) is 10.8. The van der Waals surface area contributed by atoms with Crippen LogP contribution in [0.5, 0.6) is 0 Å². The summed E-state index contributed by atoms with van der Waals surface area (Å²) in [6, 6.07) is 8.50. The van der Waals surface area contributed by atoms with Gasteiger partial charge in [-0.3, -0.25) is 0 Å². The smallest absolute Gasteiger partial charge is 0.0801 e. The Kier molecular flexibility index (Phi) is 2.87. The second-order valence-electron chi connectivity index (χ2n) is 4.04. The molecule has 1 nitrogen and oxygen atoms in total. The Balaban J connectivity index is 2.55. The van der Waals surface area contributed by atoms with E-state index in [1.54, 1.807) is 11.3 Å². The summed E-state index contributed by atoms with van der Waals surface area (Å²) in [5, 5.41) is 0. The monoisotopic (exact) mass is 217 g/mol. The molecule has 0 aliphatic rings. The van der Waals surface area contributed by atoms with Crippen molar-refractivity contribution in [2.75, 3.05) is 0 Å². The fraction of sp³-hybridized carbons (Fsp3) is 0.308. The molecule has 0 aliphatic heterocycles. The highest BCUT2D eigenvalue weighted by atomic mass is 32.1. The van der Waals surface area contributed by atoms with Gasteiger partial charge in [-0.25, -0.2) is 4.98 Å². The van der Waals surface area contributed by atoms with Crippen molar-refractivity contribution in [3.05, 3.63) is 41.0 Å². The van der Waals surface area contributed by atoms with E-state index in [2.05, 4.69) is 50.0 Å². The lowest BCUT2D eigenvalue weighted by Gasteiger charge is -2.07. The number of nitrogens with zero attached hydrogens (tertiary/aromatic N) is 1. The van der Waals surface area contributed by atoms with Gasteiger partial charge in [0.2, 0.25) is 0 Å². The number of aryl methyl sites for hydroxylation is 1. The van der Waals surface area contributed by atoms with Crippen LogP contribution in [-0.2, 0) is 0 Å². The van der Waals surface area contributed by atoms with Crippen LogP contribution in [-0.4, -0.2) is 4.98 Å². The topological polar surface area (TPSA) is 12.9 Å². The average molecular weight is 217 g/mol. The van der Waals surface area contributed by atoms with Crippen LogP contribution < -0.4 is 0 Å². The molecule has 0 N–H and O–H groups in total. The zero-order valence-corrected chi connectivity index (χ0v) is 10.1. The first-order chi connectivity index (χ1) is 7.20. The van der Waals surface area contributed by atoms with Gasteiger partial charge < -0.3 is 0 Å². The van der Waals surface area contributed by atoms with Crippen molar-refractivity contribution in [2.24, 2.45) is 0 Å². The summed E-state index contributed by atoms with van der Waals surface area (Å²) in [7, 11) is 0. The van der Waals surface area contributed by atoms with Crippen molar-refractivity contribution in [1.82, 2.24) is 4.98 Å². The van der Waals surface area contributed by atoms with E-state index in [-0.39, 0.29) is 0 Å². The van der Waals surface area contributed by atoms with E-state index in [4.69, 9.17) is 0 Å². The molecule has 0 fully saturated rings. The Labute approximate surface area is 94.8 Å². The molecule has 0 bridgehead atoms. The summed E-state index contributed by atoms with van der Waals surface area (Å²) in [4.78, 5) is 5.77. The Bertz CT molecular complexity index is 457. The third-order valence-corrected chi connectivity index (χ3v) is 3.41. The molecule has 2 heteroatoms. The molecule has 0 unspecified atom stereocenters. The summed E-state index contributed by atoms with van der Waals surface area (Å²) < 4.78 is 0. The van der Waals surface area contributed by atoms with Crippen molar-refractivity contribution >= 4 is 11.3 Å². The molecule has 78 valence electrons. The molecular formula is C13H15NS. The number of benzene rings is 1. The number of aromatic nitrogens is 1. The minimum absolute atomic E-state index is 0.492. The number of thiazole rings is 1. The SMILES string of the molecule is Cc1ccccc1-c1scnc1C(C)C. The molecule has 0 aliphatic carbocycles. The highest BCUT2D eigenvalue weighted by Crippen LogP contribution is 2.33. The predicted octanol–water partition coefficient (Wildman–Crippen LogP) is 4.24. The van der Waals surface area contributed by atoms with Gasteiger partial charge in [0.25, 0.3) is 0 Å². The maximum Gasteiger partial charge on any atom is 0.0801 e. The normalized spacial score (nSPS) is 10.9. The van der Waals surface area contributed by atoms with Gasteiger partial charge in [-0.15, -0.1) is 11.3 Å². The average Bonchev–Trinajstić information content (AvgIpc) is 2.67. The van der Waals surface area contributed by atoms with Crippen LogP contribution in [0, 0.1) is 6.92 Å². The Morgan fingerprint density at radius 3 is 2.60 bits per heavy atom. The largest absolute Gasteiger partial charge is 0.249 e. The first-order valence-electron chi connectivity index (χ1n) is 5.19. The quantitative estimate of drug-likeness (QED) is 0.733. The molecule has 2 rings (SSSR count). The van der Waals surface area contributed by atoms with Crippen LogP contribution in [0.1, 0.15) is 31.0 Å². The summed E-state index contributed by atoms with van der Waals surface area (Å²) in [6.07, 6.45) is 0. The van der Waals surface area contributed by atoms with E-state index in [0.717, 1.165) is 0 Å². The molecule has 0 saturated carbocycles. The van der Waals surface area contributed by atoms with Crippen LogP contribution in [0.3, 0.4) is 0 Å². The lowest BCUT2D eigenvalue weighted by molar-refractivity contribution is 0.835. The lowest BCUT2D eigenvalue weighted by atomic mass is 10.0. The predicted molar refractivity (Wildman–Crippen MR) is 66.4 cm³/mol. The van der Waals surface area contributed by atoms with Crippen LogP contribution in [0.2, 0.25) is 0 Å². The molecule has 15 heavy (non-hydrogen) atoms. The van der Waals surface area contributed by atoms with E-state index in [1.807, 2.05) is 5.51 Å². The summed E-state index contributed by atoms with van der Waals surface area (Å²) >= 11 is 1.73. The zero-order valence-electron chi connectivity index (χ0n) is 9.32. The van der Waals surface area contributed by atoms with Crippen LogP contribution in [0.15, 0.2) is 29.8 Å². The number of hydrogen-bond acceptors (Lipinski definition) is 2. The highest BCUT2D eigenvalue weighted by molar-refractivity contribution is 7.13. The van der Waals surface area contributed by atoms with Crippen molar-refractivity contribution < 1.29 is 0 Å². The Morgan fingerprint density at radius 2 is 1.93 bits per heavy atom. The maximum absolute atomic E-state index is 4.45. The molecule has 0 spiro atoms. The van der Waals surface area contributed by atoms with Gasteiger partial charge in [-0.1, -0.05) is 38.1 Å². The summed E-state index contributed by atoms with van der Waals surface area (Å²) in [5.41, 5.74) is 5.80. The van der Waals surface area contributed by atoms with Crippen LogP contribution in [0.4, 0.5) is 0 Å². The second kappa shape index (κ2) is 4.15. The van der Waals surface area contributed by atoms with Gasteiger partial charge in [0.15, 0.2) is 0 Å². The van der Waals surface area contributed by atoms with Crippen molar-refractivity contribution in [1.29, 1.82) is 0 Å². The number of hydrogen-bond donors (Lipinski definition) is 0. The molecular weight excluding hydrogens is 202 g/mol. The summed E-state index contributed by atoms with van der Waals surface area (Å²) in [6.45, 7) is 6.53. The van der Waals surface area contributed by atoms with Gasteiger partial charge in [0.1, 0.15) is 0 Å². The van der Waals surface area contributed by atoms with Gasteiger partial charge in [-0.05, 0) is 24.0 Å². The Hall–Kier alpha value is -1.15. The van der Waals surface area contributed by atoms with E-state index < -0.39 is 0 Å². The van der Waals surface area contributed by atoms with Crippen molar-refractivity contribution in [2.45, 2.75) is 26.7 Å². The molecule has 1 aromatic carbocycles. The maximum atomic E-state index is 4.45. The fourth-order valence-corrected chi connectivity index (χ4v) is 2.73. The standard InChI is InChI=1S/C13H15NS/c1-9(2)12-13(15-8-14-12)11-7-5-4-6-10(11)3/h4-9H,1-3H3. The van der Waals surface area contributed by atoms with E-state index in [0.29, 0.717) is 5.92 Å². The first kappa shape index (κ1) is 10.4. The number of rotatable bonds is 2. The van der Waals surface area contributed by atoms with Gasteiger partial charge in [0.05, 0.1) is 16.1 Å². The van der Waals surface area contributed by atoms with Gasteiger partial charge >= 0.3 is 0 Å². The molecule has 1 heterocycles. The Morgan fingerprint density at radius 1 is 1.20 bits per heavy atom. The van der Waals surface area contributed by atoms with Gasteiger partial charge in [0, 0.05) is 0 Å². The van der Waals surface area contributed by atoms with Crippen LogP contribution in [0.25, 0.3) is 10.4 Å². The molecule has 0 radical (unpaired) electrons. The third-order valence-electron chi connectivity index (χ3n) is 2.53. The summed E-state index contributed by atoms with van der Waals surface area (Å²) in [5.74, 6) is 0.492. The minimum atomic E-state index is 0.492. The lowest BCUT2D eigenvalue weighted by Crippen LogP contribution is -1.91. The molecule has 0 atom stereocenters. The first-order valence-corrected chi connectivity index (χ1v) is 6.07. The van der Waals surface area contributed by atoms with Crippen molar-refractivity contribution in [3.8, 4) is 10.4 Å².